The summed E-state index contributed by atoms with van der Waals surface area (Å²) < 4.78 is 5.24. The SMILES string of the molecule is COc1ccc(NC2CSCC(C)(C)C2)c(C)c1. The molecular formula is C15H23NOS. The van der Waals surface area contributed by atoms with E-state index in [9.17, 15) is 0 Å². The Morgan fingerprint density at radius 3 is 2.78 bits per heavy atom. The van der Waals surface area contributed by atoms with Gasteiger partial charge >= 0.3 is 0 Å². The van der Waals surface area contributed by atoms with Gasteiger partial charge < -0.3 is 10.1 Å². The van der Waals surface area contributed by atoms with Crippen LogP contribution in [0.1, 0.15) is 25.8 Å². The van der Waals surface area contributed by atoms with E-state index in [4.69, 9.17) is 4.74 Å². The maximum absolute atomic E-state index is 5.24. The zero-order chi connectivity index (χ0) is 13.2. The zero-order valence-corrected chi connectivity index (χ0v) is 12.6. The molecule has 2 rings (SSSR count). The summed E-state index contributed by atoms with van der Waals surface area (Å²) in [7, 11) is 1.71. The van der Waals surface area contributed by atoms with E-state index < -0.39 is 0 Å². The van der Waals surface area contributed by atoms with E-state index in [1.54, 1.807) is 7.11 Å². The van der Waals surface area contributed by atoms with E-state index in [1.807, 2.05) is 6.07 Å². The lowest BCUT2D eigenvalue weighted by molar-refractivity contribution is 0.358. The number of aryl methyl sites for hydroxylation is 1. The van der Waals surface area contributed by atoms with Gasteiger partial charge in [0.2, 0.25) is 0 Å². The van der Waals surface area contributed by atoms with Gasteiger partial charge in [-0.15, -0.1) is 0 Å². The van der Waals surface area contributed by atoms with Crippen LogP contribution in [0.2, 0.25) is 0 Å². The van der Waals surface area contributed by atoms with Crippen LogP contribution in [0.15, 0.2) is 18.2 Å². The molecule has 1 atom stereocenters. The second-order valence-corrected chi connectivity index (χ2v) is 6.94. The number of methoxy groups -OCH3 is 1. The van der Waals surface area contributed by atoms with Gasteiger partial charge in [-0.3, -0.25) is 0 Å². The fourth-order valence-corrected chi connectivity index (χ4v) is 3.77. The molecule has 0 radical (unpaired) electrons. The van der Waals surface area contributed by atoms with Crippen LogP contribution in [0.3, 0.4) is 0 Å². The largest absolute Gasteiger partial charge is 0.497 e. The standard InChI is InChI=1S/C15H23NOS/c1-11-7-13(17-4)5-6-14(11)16-12-8-15(2,3)10-18-9-12/h5-7,12,16H,8-10H2,1-4H3. The molecule has 3 heteroatoms. The van der Waals surface area contributed by atoms with Crippen molar-refractivity contribution in [2.24, 2.45) is 5.41 Å². The summed E-state index contributed by atoms with van der Waals surface area (Å²) in [5, 5.41) is 3.68. The van der Waals surface area contributed by atoms with Crippen molar-refractivity contribution in [3.63, 3.8) is 0 Å². The molecule has 1 saturated heterocycles. The molecule has 0 spiro atoms. The Balaban J connectivity index is 2.05. The molecule has 1 aromatic carbocycles. The Morgan fingerprint density at radius 1 is 1.39 bits per heavy atom. The van der Waals surface area contributed by atoms with Gasteiger partial charge in [-0.25, -0.2) is 0 Å². The number of anilines is 1. The molecule has 1 fully saturated rings. The fourth-order valence-electron chi connectivity index (χ4n) is 2.50. The highest BCUT2D eigenvalue weighted by molar-refractivity contribution is 7.99. The molecule has 1 unspecified atom stereocenters. The minimum Gasteiger partial charge on any atom is -0.497 e. The molecule has 0 bridgehead atoms. The molecule has 0 aliphatic carbocycles. The minimum atomic E-state index is 0.445. The summed E-state index contributed by atoms with van der Waals surface area (Å²) in [6, 6.07) is 6.81. The molecule has 1 aliphatic rings. The van der Waals surface area contributed by atoms with Gasteiger partial charge in [0.15, 0.2) is 0 Å². The third-order valence-electron chi connectivity index (χ3n) is 3.40. The molecule has 18 heavy (non-hydrogen) atoms. The minimum absolute atomic E-state index is 0.445. The van der Waals surface area contributed by atoms with E-state index in [2.05, 4.69) is 50.0 Å². The maximum atomic E-state index is 5.24. The van der Waals surface area contributed by atoms with Crippen LogP contribution >= 0.6 is 11.8 Å². The van der Waals surface area contributed by atoms with E-state index in [0.717, 1.165) is 5.75 Å². The van der Waals surface area contributed by atoms with Gasteiger partial charge in [0.25, 0.3) is 0 Å². The average molecular weight is 265 g/mol. The quantitative estimate of drug-likeness (QED) is 0.894. The van der Waals surface area contributed by atoms with Crippen LogP contribution in [-0.4, -0.2) is 24.7 Å². The summed E-state index contributed by atoms with van der Waals surface area (Å²) in [6.07, 6.45) is 1.24. The van der Waals surface area contributed by atoms with Crippen molar-refractivity contribution in [2.45, 2.75) is 33.2 Å². The van der Waals surface area contributed by atoms with Crippen molar-refractivity contribution < 1.29 is 4.74 Å². The summed E-state index contributed by atoms with van der Waals surface area (Å²) in [5.41, 5.74) is 2.93. The highest BCUT2D eigenvalue weighted by atomic mass is 32.2. The van der Waals surface area contributed by atoms with Crippen molar-refractivity contribution in [3.05, 3.63) is 23.8 Å². The molecular weight excluding hydrogens is 242 g/mol. The normalized spacial score (nSPS) is 22.6. The first-order valence-electron chi connectivity index (χ1n) is 6.49. The smallest absolute Gasteiger partial charge is 0.119 e. The lowest BCUT2D eigenvalue weighted by Crippen LogP contribution is -2.35. The number of nitrogens with one attached hydrogen (secondary N) is 1. The summed E-state index contributed by atoms with van der Waals surface area (Å²) in [6.45, 7) is 6.84. The predicted molar refractivity (Wildman–Crippen MR) is 80.9 cm³/mol. The van der Waals surface area contributed by atoms with Crippen LogP contribution < -0.4 is 10.1 Å². The van der Waals surface area contributed by atoms with E-state index in [-0.39, 0.29) is 0 Å². The lowest BCUT2D eigenvalue weighted by Gasteiger charge is -2.35. The van der Waals surface area contributed by atoms with Crippen molar-refractivity contribution >= 4 is 17.4 Å². The Morgan fingerprint density at radius 2 is 2.17 bits per heavy atom. The number of hydrogen-bond donors (Lipinski definition) is 1. The van der Waals surface area contributed by atoms with Gasteiger partial charge in [0, 0.05) is 17.5 Å². The van der Waals surface area contributed by atoms with E-state index in [1.165, 1.54) is 29.2 Å². The topological polar surface area (TPSA) is 21.3 Å². The monoisotopic (exact) mass is 265 g/mol. The number of hydrogen-bond acceptors (Lipinski definition) is 3. The molecule has 2 nitrogen and oxygen atoms in total. The summed E-state index contributed by atoms with van der Waals surface area (Å²) in [5.74, 6) is 3.40. The van der Waals surface area contributed by atoms with Crippen LogP contribution in [0, 0.1) is 12.3 Å². The van der Waals surface area contributed by atoms with Gasteiger partial charge in [-0.05, 0) is 48.3 Å². The van der Waals surface area contributed by atoms with Gasteiger partial charge in [-0.2, -0.15) is 11.8 Å². The van der Waals surface area contributed by atoms with E-state index >= 15 is 0 Å². The summed E-state index contributed by atoms with van der Waals surface area (Å²) in [4.78, 5) is 0. The van der Waals surface area contributed by atoms with Gasteiger partial charge in [0.1, 0.15) is 5.75 Å². The van der Waals surface area contributed by atoms with Crippen molar-refractivity contribution in [3.8, 4) is 5.75 Å². The number of benzene rings is 1. The number of thioether (sulfide) groups is 1. The second kappa shape index (κ2) is 5.43. The third kappa shape index (κ3) is 3.35. The number of ether oxygens (including phenoxy) is 1. The maximum Gasteiger partial charge on any atom is 0.119 e. The highest BCUT2D eigenvalue weighted by Crippen LogP contribution is 2.35. The summed E-state index contributed by atoms with van der Waals surface area (Å²) >= 11 is 2.06. The van der Waals surface area contributed by atoms with Gasteiger partial charge in [0.05, 0.1) is 7.11 Å². The Kier molecular flexibility index (Phi) is 4.10. The van der Waals surface area contributed by atoms with Crippen LogP contribution in [0.25, 0.3) is 0 Å². The first kappa shape index (κ1) is 13.6. The average Bonchev–Trinajstić information content (AvgIpc) is 2.30. The predicted octanol–water partition coefficient (Wildman–Crippen LogP) is 3.95. The van der Waals surface area contributed by atoms with Crippen molar-refractivity contribution in [1.82, 2.24) is 0 Å². The highest BCUT2D eigenvalue weighted by Gasteiger charge is 2.28. The molecule has 0 amide bonds. The van der Waals surface area contributed by atoms with Gasteiger partial charge in [-0.1, -0.05) is 13.8 Å². The molecule has 1 aliphatic heterocycles. The molecule has 0 aromatic heterocycles. The third-order valence-corrected chi connectivity index (χ3v) is 5.03. The fraction of sp³-hybridized carbons (Fsp3) is 0.600. The van der Waals surface area contributed by atoms with Crippen molar-refractivity contribution in [1.29, 1.82) is 0 Å². The Labute approximate surface area is 114 Å². The molecule has 1 aromatic rings. The Hall–Kier alpha value is -0.830. The van der Waals surface area contributed by atoms with E-state index in [0.29, 0.717) is 11.5 Å². The van der Waals surface area contributed by atoms with Crippen LogP contribution in [0.5, 0.6) is 5.75 Å². The number of rotatable bonds is 3. The lowest BCUT2D eigenvalue weighted by atomic mass is 9.87. The zero-order valence-electron chi connectivity index (χ0n) is 11.7. The first-order chi connectivity index (χ1) is 8.50. The van der Waals surface area contributed by atoms with Crippen LogP contribution in [0.4, 0.5) is 5.69 Å². The van der Waals surface area contributed by atoms with Crippen molar-refractivity contribution in [2.75, 3.05) is 23.9 Å². The Bertz CT molecular complexity index is 417. The van der Waals surface area contributed by atoms with Crippen LogP contribution in [-0.2, 0) is 0 Å². The molecule has 0 saturated carbocycles. The molecule has 1 heterocycles. The first-order valence-corrected chi connectivity index (χ1v) is 7.64. The second-order valence-electron chi connectivity index (χ2n) is 5.91. The molecule has 1 N–H and O–H groups in total. The molecule has 100 valence electrons.